The van der Waals surface area contributed by atoms with Gasteiger partial charge < -0.3 is 14.7 Å². The maximum absolute atomic E-state index is 11.4. The van der Waals surface area contributed by atoms with Crippen LogP contribution in [-0.2, 0) is 11.3 Å². The summed E-state index contributed by atoms with van der Waals surface area (Å²) in [6, 6.07) is 11.0. The third-order valence-corrected chi connectivity index (χ3v) is 3.76. The van der Waals surface area contributed by atoms with Crippen molar-refractivity contribution in [2.75, 3.05) is 19.7 Å². The van der Waals surface area contributed by atoms with Crippen LogP contribution in [0.1, 0.15) is 19.4 Å². The summed E-state index contributed by atoms with van der Waals surface area (Å²) in [4.78, 5) is 15.9. The van der Waals surface area contributed by atoms with E-state index in [1.54, 1.807) is 7.41 Å². The number of aliphatic hydroxyl groups is 1. The highest BCUT2D eigenvalue weighted by Gasteiger charge is 2.31. The smallest absolute Gasteiger partial charge is 0.301 e. The molecule has 1 N–H and O–H groups in total. The van der Waals surface area contributed by atoms with Crippen LogP contribution in [0.15, 0.2) is 30.3 Å². The number of hydrogen-bond acceptors (Lipinski definition) is 4. The van der Waals surface area contributed by atoms with Gasteiger partial charge in [0.1, 0.15) is 5.68 Å². The van der Waals surface area contributed by atoms with Crippen molar-refractivity contribution in [1.29, 1.82) is 0 Å². The molecule has 0 amide bonds. The molecule has 2 atom stereocenters. The lowest BCUT2D eigenvalue weighted by atomic mass is 9.80. The van der Waals surface area contributed by atoms with E-state index >= 15 is 0 Å². The summed E-state index contributed by atoms with van der Waals surface area (Å²) in [5.74, 6) is 0. The zero-order valence-electron chi connectivity index (χ0n) is 12.2. The van der Waals surface area contributed by atoms with Gasteiger partial charge in [-0.15, -0.1) is 0 Å². The van der Waals surface area contributed by atoms with Crippen molar-refractivity contribution >= 4 is 13.1 Å². The maximum Gasteiger partial charge on any atom is 0.301 e. The Balaban J connectivity index is 1.93. The molecule has 1 aromatic carbocycles. The minimum Gasteiger partial charge on any atom is -0.389 e. The molecule has 20 heavy (non-hydrogen) atoms. The van der Waals surface area contributed by atoms with Crippen LogP contribution in [0.3, 0.4) is 0 Å². The van der Waals surface area contributed by atoms with Crippen LogP contribution in [0.2, 0.25) is 0 Å². The highest BCUT2D eigenvalue weighted by atomic mass is 16.3. The molecule has 5 heteroatoms. The topological polar surface area (TPSA) is 43.8 Å². The number of carbonyl (C=O) groups excluding carboxylic acids is 1. The molecule has 1 aliphatic heterocycles. The van der Waals surface area contributed by atoms with Gasteiger partial charge in [-0.3, -0.25) is 4.90 Å². The van der Waals surface area contributed by atoms with Crippen LogP contribution in [0.25, 0.3) is 0 Å². The zero-order chi connectivity index (χ0) is 14.5. The summed E-state index contributed by atoms with van der Waals surface area (Å²) >= 11 is 0. The Morgan fingerprint density at radius 2 is 1.85 bits per heavy atom. The third-order valence-electron chi connectivity index (χ3n) is 3.76. The van der Waals surface area contributed by atoms with Crippen molar-refractivity contribution < 1.29 is 9.90 Å². The van der Waals surface area contributed by atoms with Gasteiger partial charge in [0, 0.05) is 31.7 Å². The molecule has 1 saturated heterocycles. The minimum absolute atomic E-state index is 0.222. The quantitative estimate of drug-likeness (QED) is 0.803. The number of hydrogen-bond donors (Lipinski definition) is 1. The maximum atomic E-state index is 11.4. The van der Waals surface area contributed by atoms with Gasteiger partial charge in [0.25, 0.3) is 0 Å². The van der Waals surface area contributed by atoms with Crippen molar-refractivity contribution in [3.05, 3.63) is 35.9 Å². The Morgan fingerprint density at radius 3 is 2.40 bits per heavy atom. The molecule has 4 nitrogen and oxygen atoms in total. The first-order valence-corrected chi connectivity index (χ1v) is 7.12. The summed E-state index contributed by atoms with van der Waals surface area (Å²) in [5.41, 5.74) is 1.09. The van der Waals surface area contributed by atoms with E-state index in [0.29, 0.717) is 0 Å². The van der Waals surface area contributed by atoms with E-state index in [1.165, 1.54) is 5.56 Å². The molecule has 0 spiro atoms. The van der Waals surface area contributed by atoms with Gasteiger partial charge in [0.15, 0.2) is 0 Å². The predicted octanol–water partition coefficient (Wildman–Crippen LogP) is 0.719. The lowest BCUT2D eigenvalue weighted by Gasteiger charge is -2.44. The van der Waals surface area contributed by atoms with Crippen LogP contribution in [0.4, 0.5) is 0 Å². The van der Waals surface area contributed by atoms with Crippen LogP contribution < -0.4 is 0 Å². The summed E-state index contributed by atoms with van der Waals surface area (Å²) < 4.78 is 0. The van der Waals surface area contributed by atoms with Crippen molar-refractivity contribution in [2.24, 2.45) is 0 Å². The van der Waals surface area contributed by atoms with Crippen molar-refractivity contribution in [1.82, 2.24) is 9.71 Å². The fourth-order valence-corrected chi connectivity index (χ4v) is 2.88. The molecule has 1 fully saturated rings. The van der Waals surface area contributed by atoms with Crippen molar-refractivity contribution in [3.63, 3.8) is 0 Å². The minimum atomic E-state index is -0.413. The molecule has 2 rings (SSSR count). The van der Waals surface area contributed by atoms with Gasteiger partial charge in [0.05, 0.1) is 6.61 Å². The molecule has 0 aliphatic carbocycles. The van der Waals surface area contributed by atoms with E-state index in [0.717, 1.165) is 19.6 Å². The second-order valence-corrected chi connectivity index (χ2v) is 5.58. The number of rotatable bonds is 5. The van der Waals surface area contributed by atoms with Gasteiger partial charge in [-0.1, -0.05) is 30.3 Å². The van der Waals surface area contributed by atoms with Gasteiger partial charge in [-0.25, -0.2) is 0 Å². The second-order valence-electron chi connectivity index (χ2n) is 5.58. The fraction of sp³-hybridized carbons (Fsp3) is 0.533. The van der Waals surface area contributed by atoms with E-state index in [-0.39, 0.29) is 17.8 Å². The highest BCUT2D eigenvalue weighted by Crippen LogP contribution is 2.17. The fourth-order valence-electron chi connectivity index (χ4n) is 2.88. The van der Waals surface area contributed by atoms with Crippen LogP contribution in [0, 0.1) is 0 Å². The molecule has 1 radical (unpaired) electrons. The first kappa shape index (κ1) is 15.2. The third kappa shape index (κ3) is 3.92. The SMILES string of the molecule is C[C@@H]1CN(Cc2ccccc2)C[C@H](C)N1[B]C(=O)CO. The molecule has 1 aromatic rings. The monoisotopic (exact) mass is 273 g/mol. The largest absolute Gasteiger partial charge is 0.389 e. The molecular formula is C15H22BN2O2. The van der Waals surface area contributed by atoms with Crippen LogP contribution in [0.5, 0.6) is 0 Å². The Bertz CT molecular complexity index is 429. The number of benzene rings is 1. The number of aliphatic hydroxyl groups excluding tert-OH is 1. The Hall–Kier alpha value is -1.17. The summed E-state index contributed by atoms with van der Waals surface area (Å²) in [6.45, 7) is 6.62. The van der Waals surface area contributed by atoms with E-state index in [4.69, 9.17) is 5.11 Å². The molecule has 0 aromatic heterocycles. The Morgan fingerprint density at radius 1 is 1.25 bits per heavy atom. The van der Waals surface area contributed by atoms with Gasteiger partial charge in [0.2, 0.25) is 0 Å². The highest BCUT2D eigenvalue weighted by molar-refractivity contribution is 6.72. The lowest BCUT2D eigenvalue weighted by molar-refractivity contribution is -0.115. The average molecular weight is 273 g/mol. The molecular weight excluding hydrogens is 251 g/mol. The number of nitrogens with zero attached hydrogens (tertiary/aromatic N) is 2. The van der Waals surface area contributed by atoms with Gasteiger partial charge >= 0.3 is 7.41 Å². The first-order chi connectivity index (χ1) is 9.60. The van der Waals surface area contributed by atoms with E-state index < -0.39 is 6.61 Å². The lowest BCUT2D eigenvalue weighted by Crippen LogP contribution is -2.59. The zero-order valence-corrected chi connectivity index (χ0v) is 12.2. The van der Waals surface area contributed by atoms with Crippen molar-refractivity contribution in [2.45, 2.75) is 32.5 Å². The number of carbonyl (C=O) groups is 1. The Labute approximate surface area is 121 Å². The van der Waals surface area contributed by atoms with Gasteiger partial charge in [-0.2, -0.15) is 0 Å². The summed E-state index contributed by atoms with van der Waals surface area (Å²) in [6.07, 6.45) is 0. The second kappa shape index (κ2) is 7.02. The average Bonchev–Trinajstić information content (AvgIpc) is 2.43. The molecule has 107 valence electrons. The summed E-state index contributed by atoms with van der Waals surface area (Å²) in [7, 11) is 1.56. The van der Waals surface area contributed by atoms with Crippen molar-refractivity contribution in [3.8, 4) is 0 Å². The predicted molar refractivity (Wildman–Crippen MR) is 80.3 cm³/mol. The van der Waals surface area contributed by atoms with E-state index in [9.17, 15) is 4.79 Å². The standard InChI is InChI=1S/C15H22BN2O2/c1-12-8-17(10-14-6-4-3-5-7-14)9-13(2)18(12)16-15(20)11-19/h3-7,12-13,19H,8-11H2,1-2H3/t12-,13+. The van der Waals surface area contributed by atoms with E-state index in [2.05, 4.69) is 47.8 Å². The molecule has 0 unspecified atom stereocenters. The summed E-state index contributed by atoms with van der Waals surface area (Å²) in [5, 5.41) is 8.87. The molecule has 1 aliphatic rings. The van der Waals surface area contributed by atoms with Gasteiger partial charge in [-0.05, 0) is 19.4 Å². The first-order valence-electron chi connectivity index (χ1n) is 7.12. The van der Waals surface area contributed by atoms with E-state index in [1.807, 2.05) is 6.07 Å². The normalized spacial score (nSPS) is 24.6. The molecule has 1 heterocycles. The molecule has 0 saturated carbocycles. The Kier molecular flexibility index (Phi) is 5.34. The molecule has 0 bridgehead atoms. The van der Waals surface area contributed by atoms with Crippen LogP contribution in [-0.4, -0.2) is 59.7 Å². The van der Waals surface area contributed by atoms with Crippen LogP contribution >= 0.6 is 0 Å². The number of piperazine rings is 1.